The lowest BCUT2D eigenvalue weighted by atomic mass is 9.89. The molecule has 1 aliphatic heterocycles. The monoisotopic (exact) mass is 785 g/mol. The number of likely N-dealkylation sites (N-methyl/N-ethyl adjacent to an activating group) is 1. The summed E-state index contributed by atoms with van der Waals surface area (Å²) in [5.41, 5.74) is 5.30. The molecule has 0 spiro atoms. The molecule has 2 N–H and O–H groups in total. The van der Waals surface area contributed by atoms with Gasteiger partial charge in [0, 0.05) is 37.5 Å². The van der Waals surface area contributed by atoms with E-state index in [0.29, 0.717) is 13.0 Å². The van der Waals surface area contributed by atoms with E-state index in [0.717, 1.165) is 48.2 Å². The van der Waals surface area contributed by atoms with Crippen LogP contribution in [0.4, 0.5) is 0 Å². The summed E-state index contributed by atoms with van der Waals surface area (Å²) in [6.07, 6.45) is 16.7. The first kappa shape index (κ1) is 43.5. The summed E-state index contributed by atoms with van der Waals surface area (Å²) in [6, 6.07) is 36.0. The Morgan fingerprint density at radius 1 is 0.672 bits per heavy atom. The molecule has 1 aliphatic rings. The van der Waals surface area contributed by atoms with Crippen molar-refractivity contribution in [2.24, 2.45) is 5.92 Å². The van der Waals surface area contributed by atoms with E-state index in [1.165, 1.54) is 97.7 Å². The molecule has 6 rings (SSSR count). The normalized spacial score (nSPS) is 18.3. The lowest BCUT2D eigenvalue weighted by Crippen LogP contribution is -2.43. The number of aliphatic hydroxyl groups excluding tert-OH is 1. The number of aliphatic hydroxyl groups is 1. The van der Waals surface area contributed by atoms with E-state index in [1.54, 1.807) is 0 Å². The largest absolute Gasteiger partial charge is 0.392 e. The summed E-state index contributed by atoms with van der Waals surface area (Å²) >= 11 is 0. The van der Waals surface area contributed by atoms with Crippen LogP contribution >= 0.6 is 0 Å². The fraction of sp³-hybridized carbons (Fsp3) is 0.481. The molecule has 1 unspecified atom stereocenters. The average molecular weight is 785 g/mol. The highest BCUT2D eigenvalue weighted by molar-refractivity contribution is 6.02. The topological polar surface area (TPSA) is 71.0 Å². The van der Waals surface area contributed by atoms with E-state index < -0.39 is 6.29 Å². The van der Waals surface area contributed by atoms with Gasteiger partial charge in [-0.05, 0) is 63.3 Å². The van der Waals surface area contributed by atoms with Crippen LogP contribution in [-0.2, 0) is 34.0 Å². The summed E-state index contributed by atoms with van der Waals surface area (Å²) in [5.74, 6) is 0.200. The summed E-state index contributed by atoms with van der Waals surface area (Å²) in [4.78, 5) is 15.1. The van der Waals surface area contributed by atoms with Crippen LogP contribution < -0.4 is 5.32 Å². The number of ether oxygens (including phenoxy) is 2. The van der Waals surface area contributed by atoms with Gasteiger partial charge in [0.1, 0.15) is 0 Å². The Hall–Kier alpha value is -4.07. The highest BCUT2D eigenvalue weighted by atomic mass is 16.7. The second kappa shape index (κ2) is 22.9. The SMILES string of the molecule is CCCCCCCCCCCCCCCC(=O)NCc1ccc(C2O[C@H](CN(C)Cc3c4ccccc4cc4ccccc34)[C@H](C)[C@H](c3ccc(CO)cc3)O2)cc1. The van der Waals surface area contributed by atoms with Crippen molar-refractivity contribution in [2.45, 2.75) is 142 Å². The van der Waals surface area contributed by atoms with E-state index in [2.05, 4.69) is 122 Å². The maximum atomic E-state index is 12.7. The second-order valence-electron chi connectivity index (χ2n) is 16.8. The Morgan fingerprint density at radius 2 is 1.21 bits per heavy atom. The molecule has 1 saturated heterocycles. The van der Waals surface area contributed by atoms with Crippen LogP contribution in [0.1, 0.15) is 144 Å². The van der Waals surface area contributed by atoms with Gasteiger partial charge in [-0.1, -0.05) is 188 Å². The molecular formula is C52H68N2O4. The second-order valence-corrected chi connectivity index (χ2v) is 16.8. The number of fused-ring (bicyclic) bond motifs is 2. The number of nitrogens with one attached hydrogen (secondary N) is 1. The summed E-state index contributed by atoms with van der Waals surface area (Å²) in [5, 5.41) is 17.9. The van der Waals surface area contributed by atoms with Crippen LogP contribution in [0.25, 0.3) is 21.5 Å². The molecule has 1 amide bonds. The number of carbonyl (C=O) groups excluding carboxylic acids is 1. The molecule has 6 heteroatoms. The van der Waals surface area contributed by atoms with Crippen molar-refractivity contribution >= 4 is 27.5 Å². The molecule has 0 aromatic heterocycles. The van der Waals surface area contributed by atoms with Gasteiger partial charge in [-0.15, -0.1) is 0 Å². The minimum Gasteiger partial charge on any atom is -0.392 e. The summed E-state index contributed by atoms with van der Waals surface area (Å²) in [6.45, 7) is 6.53. The van der Waals surface area contributed by atoms with Crippen molar-refractivity contribution in [3.05, 3.63) is 131 Å². The Morgan fingerprint density at radius 3 is 1.79 bits per heavy atom. The fourth-order valence-corrected chi connectivity index (χ4v) is 8.63. The maximum Gasteiger partial charge on any atom is 0.220 e. The number of unbranched alkanes of at least 4 members (excludes halogenated alkanes) is 12. The number of nitrogens with zero attached hydrogens (tertiary/aromatic N) is 1. The highest BCUT2D eigenvalue weighted by Gasteiger charge is 2.39. The van der Waals surface area contributed by atoms with Crippen LogP contribution in [0.15, 0.2) is 103 Å². The Labute approximate surface area is 348 Å². The van der Waals surface area contributed by atoms with Crippen LogP contribution in [-0.4, -0.2) is 35.6 Å². The first-order chi connectivity index (χ1) is 28.4. The predicted octanol–water partition coefficient (Wildman–Crippen LogP) is 12.5. The zero-order valence-electron chi connectivity index (χ0n) is 35.5. The van der Waals surface area contributed by atoms with Crippen LogP contribution in [0.2, 0.25) is 0 Å². The van der Waals surface area contributed by atoms with Gasteiger partial charge >= 0.3 is 0 Å². The first-order valence-electron chi connectivity index (χ1n) is 22.4. The Bertz CT molecular complexity index is 1920. The van der Waals surface area contributed by atoms with Gasteiger partial charge in [0.05, 0.1) is 18.8 Å². The predicted molar refractivity (Wildman–Crippen MR) is 239 cm³/mol. The van der Waals surface area contributed by atoms with E-state index >= 15 is 0 Å². The number of hydrogen-bond donors (Lipinski definition) is 2. The smallest absolute Gasteiger partial charge is 0.220 e. The average Bonchev–Trinajstić information content (AvgIpc) is 3.25. The van der Waals surface area contributed by atoms with Crippen LogP contribution in [0.3, 0.4) is 0 Å². The molecule has 310 valence electrons. The van der Waals surface area contributed by atoms with Gasteiger partial charge in [0.2, 0.25) is 5.91 Å². The van der Waals surface area contributed by atoms with Gasteiger partial charge in [-0.2, -0.15) is 0 Å². The fourth-order valence-electron chi connectivity index (χ4n) is 8.63. The van der Waals surface area contributed by atoms with Crippen LogP contribution in [0, 0.1) is 5.92 Å². The minimum absolute atomic E-state index is 0.00953. The van der Waals surface area contributed by atoms with E-state index in [-0.39, 0.29) is 30.6 Å². The first-order valence-corrected chi connectivity index (χ1v) is 22.4. The molecule has 5 aromatic carbocycles. The Kier molecular flexibility index (Phi) is 17.2. The minimum atomic E-state index is -0.547. The molecule has 0 aliphatic carbocycles. The third-order valence-electron chi connectivity index (χ3n) is 12.2. The molecule has 4 atom stereocenters. The number of hydrogen-bond acceptors (Lipinski definition) is 5. The third-order valence-corrected chi connectivity index (χ3v) is 12.2. The van der Waals surface area contributed by atoms with Gasteiger partial charge < -0.3 is 19.9 Å². The molecule has 6 nitrogen and oxygen atoms in total. The lowest BCUT2D eigenvalue weighted by Gasteiger charge is -2.42. The lowest BCUT2D eigenvalue weighted by molar-refractivity contribution is -0.276. The zero-order valence-corrected chi connectivity index (χ0v) is 35.5. The van der Waals surface area contributed by atoms with Crippen molar-refractivity contribution in [2.75, 3.05) is 13.6 Å². The molecule has 58 heavy (non-hydrogen) atoms. The van der Waals surface area contributed by atoms with Crippen LogP contribution in [0.5, 0.6) is 0 Å². The van der Waals surface area contributed by atoms with Crippen molar-refractivity contribution in [1.29, 1.82) is 0 Å². The molecule has 1 fully saturated rings. The number of amides is 1. The molecular weight excluding hydrogens is 717 g/mol. The highest BCUT2D eigenvalue weighted by Crippen LogP contribution is 2.42. The molecule has 0 saturated carbocycles. The van der Waals surface area contributed by atoms with Crippen molar-refractivity contribution in [3.63, 3.8) is 0 Å². The molecule has 0 bridgehead atoms. The van der Waals surface area contributed by atoms with Gasteiger partial charge in [-0.3, -0.25) is 9.69 Å². The summed E-state index contributed by atoms with van der Waals surface area (Å²) in [7, 11) is 2.18. The zero-order chi connectivity index (χ0) is 40.5. The quantitative estimate of drug-likeness (QED) is 0.0510. The van der Waals surface area contributed by atoms with E-state index in [4.69, 9.17) is 9.47 Å². The number of carbonyl (C=O) groups is 1. The molecule has 1 heterocycles. The summed E-state index contributed by atoms with van der Waals surface area (Å²) < 4.78 is 13.6. The molecule has 0 radical (unpaired) electrons. The van der Waals surface area contributed by atoms with Gasteiger partial charge in [0.25, 0.3) is 0 Å². The standard InChI is InChI=1S/C52H68N2O4/c1-4-5-6-7-8-9-10-11-12-13-14-15-16-25-50(56)53-35-40-26-32-43(33-27-40)52-57-49(39(2)51(58-52)42-30-28-41(38-55)29-31-42)37-54(3)36-48-46-23-19-17-21-44(46)34-45-22-18-20-24-47(45)48/h17-24,26-34,39,49,51-52,55H,4-16,25,35-38H2,1-3H3,(H,53,56)/t39-,49+,51+,52?/m0/s1. The molecule has 5 aromatic rings. The number of rotatable bonds is 23. The van der Waals surface area contributed by atoms with Gasteiger partial charge in [-0.25, -0.2) is 0 Å². The van der Waals surface area contributed by atoms with Crippen molar-refractivity contribution in [1.82, 2.24) is 10.2 Å². The Balaban J connectivity index is 1.02. The van der Waals surface area contributed by atoms with Crippen molar-refractivity contribution in [3.8, 4) is 0 Å². The van der Waals surface area contributed by atoms with Crippen molar-refractivity contribution < 1.29 is 19.4 Å². The third kappa shape index (κ3) is 12.5. The van der Waals surface area contributed by atoms with E-state index in [1.807, 2.05) is 12.1 Å². The number of benzene rings is 5. The maximum absolute atomic E-state index is 12.7. The van der Waals surface area contributed by atoms with E-state index in [9.17, 15) is 9.90 Å². The van der Waals surface area contributed by atoms with Gasteiger partial charge in [0.15, 0.2) is 6.29 Å².